The number of nitrogens with zero attached hydrogens (tertiary/aromatic N) is 2. The molecule has 0 N–H and O–H groups in total. The van der Waals surface area contributed by atoms with Crippen molar-refractivity contribution in [2.75, 3.05) is 20.1 Å². The topological polar surface area (TPSA) is 57.7 Å². The first kappa shape index (κ1) is 16.1. The van der Waals surface area contributed by atoms with Crippen molar-refractivity contribution >= 4 is 15.9 Å². The lowest BCUT2D eigenvalue weighted by Crippen LogP contribution is -2.55. The van der Waals surface area contributed by atoms with Gasteiger partial charge >= 0.3 is 0 Å². The number of amides is 1. The second-order valence-electron chi connectivity index (χ2n) is 7.37. The van der Waals surface area contributed by atoms with E-state index in [-0.39, 0.29) is 22.6 Å². The monoisotopic (exact) mass is 348 g/mol. The Hall–Kier alpha value is -1.40. The fourth-order valence-electron chi connectivity index (χ4n) is 4.49. The second-order valence-corrected chi connectivity index (χ2v) is 9.58. The molecule has 4 rings (SSSR count). The van der Waals surface area contributed by atoms with E-state index in [0.29, 0.717) is 19.5 Å². The molecular formula is C18H24N2O3S. The summed E-state index contributed by atoms with van der Waals surface area (Å²) in [6, 6.07) is 10.2. The molecule has 1 atom stereocenters. The Morgan fingerprint density at radius 1 is 1.08 bits per heavy atom. The molecule has 1 aromatic rings. The third-order valence-electron chi connectivity index (χ3n) is 6.17. The van der Waals surface area contributed by atoms with Crippen LogP contribution in [0, 0.1) is 0 Å². The Kier molecular flexibility index (Phi) is 3.73. The molecule has 5 nitrogen and oxygen atoms in total. The van der Waals surface area contributed by atoms with E-state index < -0.39 is 10.0 Å². The highest BCUT2D eigenvalue weighted by Crippen LogP contribution is 2.48. The van der Waals surface area contributed by atoms with E-state index >= 15 is 0 Å². The Balaban J connectivity index is 1.60. The Morgan fingerprint density at radius 2 is 1.71 bits per heavy atom. The highest BCUT2D eigenvalue weighted by Gasteiger charge is 2.54. The zero-order valence-electron chi connectivity index (χ0n) is 14.0. The molecule has 24 heavy (non-hydrogen) atoms. The average molecular weight is 348 g/mol. The lowest BCUT2D eigenvalue weighted by atomic mass is 9.74. The summed E-state index contributed by atoms with van der Waals surface area (Å²) in [5.74, 6) is 0.323. The molecule has 2 aliphatic heterocycles. The third-order valence-corrected chi connectivity index (χ3v) is 8.56. The van der Waals surface area contributed by atoms with Crippen LogP contribution in [-0.2, 0) is 14.8 Å². The number of rotatable bonds is 3. The summed E-state index contributed by atoms with van der Waals surface area (Å²) in [6.45, 7) is 1.06. The van der Waals surface area contributed by atoms with Crippen LogP contribution in [0.25, 0.3) is 0 Å². The summed E-state index contributed by atoms with van der Waals surface area (Å²) in [4.78, 5) is 14.3. The van der Waals surface area contributed by atoms with Gasteiger partial charge in [-0.15, -0.1) is 0 Å². The van der Waals surface area contributed by atoms with Crippen molar-refractivity contribution < 1.29 is 13.2 Å². The largest absolute Gasteiger partial charge is 0.339 e. The standard InChI is InChI=1S/C18H24N2O3S/c1-19-17(21)13-16(14-5-3-2-4-6-14)18(19)9-11-20(12-10-18)24(22,23)15-7-8-15/h2-6,15-16H,7-13H2,1H3/t16-/m1/s1. The summed E-state index contributed by atoms with van der Waals surface area (Å²) < 4.78 is 26.6. The van der Waals surface area contributed by atoms with Crippen LogP contribution in [0.3, 0.4) is 0 Å². The van der Waals surface area contributed by atoms with Crippen molar-refractivity contribution in [3.63, 3.8) is 0 Å². The predicted molar refractivity (Wildman–Crippen MR) is 92.0 cm³/mol. The van der Waals surface area contributed by atoms with Crippen LogP contribution in [0.15, 0.2) is 30.3 Å². The minimum Gasteiger partial charge on any atom is -0.339 e. The number of piperidine rings is 1. The van der Waals surface area contributed by atoms with Crippen LogP contribution in [0.1, 0.15) is 43.6 Å². The van der Waals surface area contributed by atoms with Crippen LogP contribution >= 0.6 is 0 Å². The minimum atomic E-state index is -3.12. The van der Waals surface area contributed by atoms with E-state index in [2.05, 4.69) is 12.1 Å². The number of hydrogen-bond acceptors (Lipinski definition) is 3. The number of carbonyl (C=O) groups is 1. The van der Waals surface area contributed by atoms with Crippen LogP contribution in [-0.4, -0.2) is 54.5 Å². The Bertz CT molecular complexity index is 735. The predicted octanol–water partition coefficient (Wildman–Crippen LogP) is 1.96. The van der Waals surface area contributed by atoms with Gasteiger partial charge in [0.25, 0.3) is 0 Å². The molecule has 6 heteroatoms. The molecule has 0 bridgehead atoms. The third kappa shape index (κ3) is 2.39. The van der Waals surface area contributed by atoms with Gasteiger partial charge in [0.1, 0.15) is 0 Å². The lowest BCUT2D eigenvalue weighted by Gasteiger charge is -2.46. The number of sulfonamides is 1. The van der Waals surface area contributed by atoms with E-state index in [1.807, 2.05) is 30.1 Å². The molecule has 2 heterocycles. The summed E-state index contributed by atoms with van der Waals surface area (Å²) in [5.41, 5.74) is 0.947. The van der Waals surface area contributed by atoms with Crippen molar-refractivity contribution in [3.05, 3.63) is 35.9 Å². The van der Waals surface area contributed by atoms with E-state index in [4.69, 9.17) is 0 Å². The highest BCUT2D eigenvalue weighted by molar-refractivity contribution is 7.90. The zero-order valence-corrected chi connectivity index (χ0v) is 14.8. The second kappa shape index (κ2) is 5.56. The summed E-state index contributed by atoms with van der Waals surface area (Å²) >= 11 is 0. The number of benzene rings is 1. The fraction of sp³-hybridized carbons (Fsp3) is 0.611. The molecule has 3 fully saturated rings. The van der Waals surface area contributed by atoms with Crippen LogP contribution in [0.4, 0.5) is 0 Å². The molecule has 1 amide bonds. The molecule has 0 unspecified atom stereocenters. The van der Waals surface area contributed by atoms with Crippen molar-refractivity contribution in [3.8, 4) is 0 Å². The van der Waals surface area contributed by atoms with Crippen molar-refractivity contribution in [1.82, 2.24) is 9.21 Å². The summed E-state index contributed by atoms with van der Waals surface area (Å²) in [6.07, 6.45) is 3.57. The van der Waals surface area contributed by atoms with Gasteiger partial charge in [-0.3, -0.25) is 4.79 Å². The van der Waals surface area contributed by atoms with Crippen molar-refractivity contribution in [1.29, 1.82) is 0 Å². The van der Waals surface area contributed by atoms with E-state index in [1.165, 1.54) is 5.56 Å². The Morgan fingerprint density at radius 3 is 2.29 bits per heavy atom. The van der Waals surface area contributed by atoms with E-state index in [0.717, 1.165) is 25.7 Å². The maximum Gasteiger partial charge on any atom is 0.223 e. The minimum absolute atomic E-state index is 0.153. The van der Waals surface area contributed by atoms with Crippen LogP contribution < -0.4 is 0 Å². The van der Waals surface area contributed by atoms with Gasteiger partial charge < -0.3 is 4.90 Å². The van der Waals surface area contributed by atoms with Crippen molar-refractivity contribution in [2.24, 2.45) is 0 Å². The van der Waals surface area contributed by atoms with Crippen molar-refractivity contribution in [2.45, 2.75) is 48.8 Å². The molecular weight excluding hydrogens is 324 g/mol. The van der Waals surface area contributed by atoms with Crippen LogP contribution in [0.2, 0.25) is 0 Å². The van der Waals surface area contributed by atoms with Gasteiger partial charge in [0.05, 0.1) is 10.8 Å². The fourth-order valence-corrected chi connectivity index (χ4v) is 6.33. The Labute approximate surface area is 143 Å². The molecule has 0 radical (unpaired) electrons. The van der Waals surface area contributed by atoms with Gasteiger partial charge in [-0.1, -0.05) is 30.3 Å². The molecule has 1 aliphatic carbocycles. The summed E-state index contributed by atoms with van der Waals surface area (Å²) in [7, 11) is -1.23. The number of likely N-dealkylation sites (N-methyl/N-ethyl adjacent to an activating group) is 1. The lowest BCUT2D eigenvalue weighted by molar-refractivity contribution is -0.130. The summed E-state index contributed by atoms with van der Waals surface area (Å²) in [5, 5.41) is -0.153. The van der Waals surface area contributed by atoms with Gasteiger partial charge in [0.15, 0.2) is 0 Å². The zero-order chi connectivity index (χ0) is 16.9. The number of carbonyl (C=O) groups excluding carboxylic acids is 1. The molecule has 1 spiro atoms. The maximum atomic E-state index is 12.5. The maximum absolute atomic E-state index is 12.5. The smallest absolute Gasteiger partial charge is 0.223 e. The quantitative estimate of drug-likeness (QED) is 0.839. The van der Waals surface area contributed by atoms with E-state index in [1.54, 1.807) is 4.31 Å². The molecule has 1 aromatic carbocycles. The van der Waals surface area contributed by atoms with Gasteiger partial charge in [0.2, 0.25) is 15.9 Å². The first-order chi connectivity index (χ1) is 11.4. The highest BCUT2D eigenvalue weighted by atomic mass is 32.2. The molecule has 0 aromatic heterocycles. The molecule has 3 aliphatic rings. The normalized spacial score (nSPS) is 27.8. The molecule has 2 saturated heterocycles. The van der Waals surface area contributed by atoms with Crippen LogP contribution in [0.5, 0.6) is 0 Å². The first-order valence-corrected chi connectivity index (χ1v) is 10.3. The van der Waals surface area contributed by atoms with E-state index in [9.17, 15) is 13.2 Å². The molecule has 1 saturated carbocycles. The van der Waals surface area contributed by atoms with Gasteiger partial charge in [-0.25, -0.2) is 12.7 Å². The number of likely N-dealkylation sites (tertiary alicyclic amines) is 1. The SMILES string of the molecule is CN1C(=O)C[C@H](c2ccccc2)C12CCN(S(=O)(=O)C1CC1)CC2. The van der Waals surface area contributed by atoms with Gasteiger partial charge in [0, 0.05) is 32.5 Å². The van der Waals surface area contributed by atoms with Gasteiger partial charge in [-0.05, 0) is 31.2 Å². The number of hydrogen-bond donors (Lipinski definition) is 0. The first-order valence-electron chi connectivity index (χ1n) is 8.76. The molecule has 130 valence electrons. The van der Waals surface area contributed by atoms with Gasteiger partial charge in [-0.2, -0.15) is 0 Å². The average Bonchev–Trinajstić information content (AvgIpc) is 3.42.